The Morgan fingerprint density at radius 1 is 1.05 bits per heavy atom. The Bertz CT molecular complexity index is 574. The zero-order valence-electron chi connectivity index (χ0n) is 13.3. The quantitative estimate of drug-likeness (QED) is 0.848. The topological polar surface area (TPSA) is 34.1 Å². The van der Waals surface area contributed by atoms with E-state index in [4.69, 9.17) is 4.74 Å². The SMILES string of the molecule is CC1CCC(c2ccccn2)O1.CC1Cc2ccccc2N1. The van der Waals surface area contributed by atoms with Crippen molar-refractivity contribution in [2.75, 3.05) is 5.32 Å². The van der Waals surface area contributed by atoms with Crippen molar-refractivity contribution >= 4 is 5.69 Å². The average Bonchev–Trinajstić information content (AvgIpc) is 3.13. The number of hydrogen-bond donors (Lipinski definition) is 1. The van der Waals surface area contributed by atoms with Gasteiger partial charge in [-0.25, -0.2) is 0 Å². The maximum Gasteiger partial charge on any atom is 0.0999 e. The van der Waals surface area contributed by atoms with Crippen LogP contribution in [0.15, 0.2) is 48.7 Å². The first-order valence-corrected chi connectivity index (χ1v) is 8.13. The fourth-order valence-corrected chi connectivity index (χ4v) is 3.07. The van der Waals surface area contributed by atoms with Gasteiger partial charge in [-0.15, -0.1) is 0 Å². The predicted molar refractivity (Wildman–Crippen MR) is 90.0 cm³/mol. The lowest BCUT2D eigenvalue weighted by Crippen LogP contribution is -2.08. The second kappa shape index (κ2) is 6.93. The van der Waals surface area contributed by atoms with Crippen LogP contribution in [-0.2, 0) is 11.2 Å². The lowest BCUT2D eigenvalue weighted by molar-refractivity contribution is 0.0530. The number of nitrogens with zero attached hydrogens (tertiary/aromatic N) is 1. The van der Waals surface area contributed by atoms with Gasteiger partial charge in [0.15, 0.2) is 0 Å². The van der Waals surface area contributed by atoms with E-state index >= 15 is 0 Å². The minimum Gasteiger partial charge on any atom is -0.382 e. The van der Waals surface area contributed by atoms with Gasteiger partial charge < -0.3 is 10.1 Å². The van der Waals surface area contributed by atoms with Crippen molar-refractivity contribution in [2.24, 2.45) is 0 Å². The van der Waals surface area contributed by atoms with Crippen LogP contribution in [0.3, 0.4) is 0 Å². The van der Waals surface area contributed by atoms with Gasteiger partial charge in [-0.3, -0.25) is 4.98 Å². The lowest BCUT2D eigenvalue weighted by atomic mass is 10.1. The first kappa shape index (κ1) is 15.0. The van der Waals surface area contributed by atoms with Crippen LogP contribution in [-0.4, -0.2) is 17.1 Å². The monoisotopic (exact) mass is 296 g/mol. The Labute approximate surface area is 132 Å². The molecule has 0 aliphatic carbocycles. The lowest BCUT2D eigenvalue weighted by Gasteiger charge is -2.09. The minimum atomic E-state index is 0.237. The van der Waals surface area contributed by atoms with Crippen molar-refractivity contribution in [1.82, 2.24) is 4.98 Å². The number of nitrogens with one attached hydrogen (secondary N) is 1. The summed E-state index contributed by atoms with van der Waals surface area (Å²) in [6, 6.07) is 15.1. The third kappa shape index (κ3) is 3.66. The Morgan fingerprint density at radius 3 is 2.55 bits per heavy atom. The Morgan fingerprint density at radius 2 is 1.86 bits per heavy atom. The molecule has 0 saturated carbocycles. The summed E-state index contributed by atoms with van der Waals surface area (Å²) in [5, 5.41) is 3.40. The number of fused-ring (bicyclic) bond motifs is 1. The molecule has 1 fully saturated rings. The van der Waals surface area contributed by atoms with Crippen molar-refractivity contribution in [3.63, 3.8) is 0 Å². The van der Waals surface area contributed by atoms with Crippen LogP contribution in [0, 0.1) is 0 Å². The van der Waals surface area contributed by atoms with Gasteiger partial charge in [0.1, 0.15) is 0 Å². The van der Waals surface area contributed by atoms with Crippen LogP contribution in [0.4, 0.5) is 5.69 Å². The van der Waals surface area contributed by atoms with Crippen LogP contribution >= 0.6 is 0 Å². The Kier molecular flexibility index (Phi) is 4.74. The van der Waals surface area contributed by atoms with E-state index in [9.17, 15) is 0 Å². The number of rotatable bonds is 1. The van der Waals surface area contributed by atoms with Crippen molar-refractivity contribution < 1.29 is 4.74 Å². The van der Waals surface area contributed by atoms with Crippen LogP contribution in [0.2, 0.25) is 0 Å². The number of pyridine rings is 1. The van der Waals surface area contributed by atoms with Gasteiger partial charge in [-0.2, -0.15) is 0 Å². The largest absolute Gasteiger partial charge is 0.382 e. The van der Waals surface area contributed by atoms with E-state index in [-0.39, 0.29) is 6.10 Å². The number of aromatic nitrogens is 1. The molecule has 1 aromatic heterocycles. The normalized spacial score (nSPS) is 25.8. The molecule has 3 atom stereocenters. The molecule has 0 radical (unpaired) electrons. The van der Waals surface area contributed by atoms with Gasteiger partial charge in [-0.05, 0) is 56.9 Å². The summed E-state index contributed by atoms with van der Waals surface area (Å²) < 4.78 is 5.68. The van der Waals surface area contributed by atoms with Crippen molar-refractivity contribution in [3.05, 3.63) is 59.9 Å². The molecule has 3 heterocycles. The van der Waals surface area contributed by atoms with Crippen LogP contribution in [0.5, 0.6) is 0 Å². The van der Waals surface area contributed by atoms with E-state index < -0.39 is 0 Å². The molecule has 0 spiro atoms. The fourth-order valence-electron chi connectivity index (χ4n) is 3.07. The van der Waals surface area contributed by atoms with E-state index in [2.05, 4.69) is 48.4 Å². The van der Waals surface area contributed by atoms with E-state index in [1.54, 1.807) is 0 Å². The summed E-state index contributed by atoms with van der Waals surface area (Å²) >= 11 is 0. The molecule has 3 unspecified atom stereocenters. The average molecular weight is 296 g/mol. The summed E-state index contributed by atoms with van der Waals surface area (Å²) in [6.45, 7) is 4.32. The van der Waals surface area contributed by atoms with E-state index in [0.29, 0.717) is 12.1 Å². The van der Waals surface area contributed by atoms with Crippen molar-refractivity contribution in [2.45, 2.75) is 51.4 Å². The van der Waals surface area contributed by atoms with Gasteiger partial charge in [0, 0.05) is 17.9 Å². The van der Waals surface area contributed by atoms with E-state index in [0.717, 1.165) is 18.5 Å². The molecule has 1 N–H and O–H groups in total. The minimum absolute atomic E-state index is 0.237. The van der Waals surface area contributed by atoms with Crippen molar-refractivity contribution in [3.8, 4) is 0 Å². The van der Waals surface area contributed by atoms with Gasteiger partial charge in [0.25, 0.3) is 0 Å². The molecule has 1 saturated heterocycles. The summed E-state index contributed by atoms with van der Waals surface area (Å²) in [7, 11) is 0. The van der Waals surface area contributed by atoms with Gasteiger partial charge >= 0.3 is 0 Å². The first-order chi connectivity index (χ1) is 10.7. The molecule has 2 aliphatic heterocycles. The number of anilines is 1. The molecule has 1 aromatic carbocycles. The maximum absolute atomic E-state index is 5.68. The third-order valence-electron chi connectivity index (χ3n) is 4.19. The zero-order chi connectivity index (χ0) is 15.4. The molecular weight excluding hydrogens is 272 g/mol. The molecule has 2 aliphatic rings. The predicted octanol–water partition coefficient (Wildman–Crippen LogP) is 4.36. The number of ether oxygens (including phenoxy) is 1. The number of benzene rings is 1. The smallest absolute Gasteiger partial charge is 0.0999 e. The highest BCUT2D eigenvalue weighted by atomic mass is 16.5. The fraction of sp³-hybridized carbons (Fsp3) is 0.421. The zero-order valence-corrected chi connectivity index (χ0v) is 13.3. The number of para-hydroxylation sites is 1. The molecule has 116 valence electrons. The highest BCUT2D eigenvalue weighted by Crippen LogP contribution is 2.30. The van der Waals surface area contributed by atoms with Crippen molar-refractivity contribution in [1.29, 1.82) is 0 Å². The summed E-state index contributed by atoms with van der Waals surface area (Å²) in [5.41, 5.74) is 3.84. The van der Waals surface area contributed by atoms with Gasteiger partial charge in [-0.1, -0.05) is 24.3 Å². The highest BCUT2D eigenvalue weighted by molar-refractivity contribution is 5.56. The van der Waals surface area contributed by atoms with Crippen LogP contribution in [0.25, 0.3) is 0 Å². The molecule has 3 nitrogen and oxygen atoms in total. The van der Waals surface area contributed by atoms with Crippen LogP contribution in [0.1, 0.15) is 44.1 Å². The molecule has 3 heteroatoms. The van der Waals surface area contributed by atoms with E-state index in [1.165, 1.54) is 17.7 Å². The first-order valence-electron chi connectivity index (χ1n) is 8.13. The highest BCUT2D eigenvalue weighted by Gasteiger charge is 2.23. The molecule has 22 heavy (non-hydrogen) atoms. The number of hydrogen-bond acceptors (Lipinski definition) is 3. The molecule has 4 rings (SSSR count). The van der Waals surface area contributed by atoms with E-state index in [1.807, 2.05) is 24.4 Å². The van der Waals surface area contributed by atoms with Gasteiger partial charge in [0.2, 0.25) is 0 Å². The second-order valence-corrected chi connectivity index (χ2v) is 6.17. The molecule has 0 amide bonds. The maximum atomic E-state index is 5.68. The summed E-state index contributed by atoms with van der Waals surface area (Å²) in [6.07, 6.45) is 5.90. The Balaban J connectivity index is 0.000000133. The molecule has 2 aromatic rings. The van der Waals surface area contributed by atoms with Gasteiger partial charge in [0.05, 0.1) is 17.9 Å². The third-order valence-corrected chi connectivity index (χ3v) is 4.19. The standard InChI is InChI=1S/C10H13NO.C9H11N/c1-8-5-6-10(12-8)9-4-2-3-7-11-9;1-7-6-8-4-2-3-5-9(8)10-7/h2-4,7-8,10H,5-6H2,1H3;2-5,7,10H,6H2,1H3. The van der Waals surface area contributed by atoms with Crippen LogP contribution < -0.4 is 5.32 Å². The molecule has 0 bridgehead atoms. The Hall–Kier alpha value is -1.87. The summed E-state index contributed by atoms with van der Waals surface area (Å²) in [4.78, 5) is 4.27. The summed E-state index contributed by atoms with van der Waals surface area (Å²) in [5.74, 6) is 0. The second-order valence-electron chi connectivity index (χ2n) is 6.17. The molecular formula is C19H24N2O.